The third-order valence-electron chi connectivity index (χ3n) is 2.39. The molecule has 1 heterocycles. The number of carbonyl (C=O) groups is 1. The summed E-state index contributed by atoms with van der Waals surface area (Å²) < 4.78 is 0. The van der Waals surface area contributed by atoms with Gasteiger partial charge in [0.15, 0.2) is 0 Å². The minimum atomic E-state index is 0.0741. The van der Waals surface area contributed by atoms with Crippen LogP contribution < -0.4 is 5.43 Å². The van der Waals surface area contributed by atoms with Crippen molar-refractivity contribution in [2.24, 2.45) is 5.92 Å². The molecule has 1 fully saturated rings. The Morgan fingerprint density at radius 2 is 2.50 bits per heavy atom. The van der Waals surface area contributed by atoms with Crippen molar-refractivity contribution in [3.63, 3.8) is 0 Å². The van der Waals surface area contributed by atoms with Crippen molar-refractivity contribution in [3.05, 3.63) is 23.9 Å². The first-order valence-corrected chi connectivity index (χ1v) is 4.15. The molecule has 0 spiro atoms. The fraction of sp³-hybridized carbons (Fsp3) is 0.444. The van der Waals surface area contributed by atoms with E-state index in [-0.39, 0.29) is 5.92 Å². The molecule has 12 heavy (non-hydrogen) atoms. The monoisotopic (exact) mass is 164 g/mol. The molecule has 1 saturated heterocycles. The second kappa shape index (κ2) is 2.75. The average Bonchev–Trinajstić information content (AvgIpc) is 2.30. The molecule has 1 aliphatic heterocycles. The lowest BCUT2D eigenvalue weighted by atomic mass is 10.0. The maximum absolute atomic E-state index is 11.5. The molecule has 1 N–H and O–H groups in total. The molecule has 0 radical (unpaired) electrons. The first kappa shape index (κ1) is 7.55. The summed E-state index contributed by atoms with van der Waals surface area (Å²) in [6.45, 7) is 0.753. The van der Waals surface area contributed by atoms with Gasteiger partial charge in [-0.3, -0.25) is 4.79 Å². The summed E-state index contributed by atoms with van der Waals surface area (Å²) in [5, 5.41) is 1.93. The van der Waals surface area contributed by atoms with Crippen LogP contribution in [0.25, 0.3) is 0 Å². The number of ketones is 1. The van der Waals surface area contributed by atoms with E-state index < -0.39 is 0 Å². The van der Waals surface area contributed by atoms with Gasteiger partial charge in [-0.2, -0.15) is 0 Å². The zero-order valence-corrected chi connectivity index (χ0v) is 7.08. The highest BCUT2D eigenvalue weighted by molar-refractivity contribution is 5.86. The van der Waals surface area contributed by atoms with Gasteiger partial charge in [0.1, 0.15) is 5.78 Å². The lowest BCUT2D eigenvalue weighted by Crippen LogP contribution is -2.24. The van der Waals surface area contributed by atoms with E-state index in [9.17, 15) is 4.79 Å². The van der Waals surface area contributed by atoms with Crippen LogP contribution in [0.4, 0.5) is 0 Å². The molecule has 0 aromatic rings. The van der Waals surface area contributed by atoms with Crippen molar-refractivity contribution in [2.75, 3.05) is 13.6 Å². The molecule has 0 amide bonds. The summed E-state index contributed by atoms with van der Waals surface area (Å²) >= 11 is 0. The van der Waals surface area contributed by atoms with E-state index in [2.05, 4.69) is 5.43 Å². The Morgan fingerprint density at radius 3 is 3.33 bits per heavy atom. The highest BCUT2D eigenvalue weighted by Gasteiger charge is 2.30. The molecule has 1 unspecified atom stereocenters. The van der Waals surface area contributed by atoms with Gasteiger partial charge in [-0.05, 0) is 6.08 Å². The molecule has 2 aliphatic rings. The summed E-state index contributed by atoms with van der Waals surface area (Å²) in [5.74, 6) is 0.386. The third-order valence-corrected chi connectivity index (χ3v) is 2.39. The number of hydrazine groups is 1. The number of carbonyl (C=O) groups excluding carboxylic acids is 1. The van der Waals surface area contributed by atoms with E-state index in [4.69, 9.17) is 0 Å². The minimum absolute atomic E-state index is 0.0741. The molecule has 3 nitrogen and oxygen atoms in total. The Morgan fingerprint density at radius 1 is 1.67 bits per heavy atom. The number of nitrogens with one attached hydrogen (secondary N) is 1. The molecular formula is C9H12N2O. The van der Waals surface area contributed by atoms with Gasteiger partial charge < -0.3 is 5.01 Å². The van der Waals surface area contributed by atoms with Gasteiger partial charge >= 0.3 is 0 Å². The lowest BCUT2D eigenvalue weighted by Gasteiger charge is -2.13. The number of nitrogens with zero attached hydrogens (tertiary/aromatic N) is 1. The number of Topliss-reactive ketones (excluding diaryl/α,β-unsaturated/α-hetero) is 1. The van der Waals surface area contributed by atoms with Crippen LogP contribution in [0.5, 0.6) is 0 Å². The number of rotatable bonds is 0. The molecule has 1 atom stereocenters. The Bertz CT molecular complexity index is 268. The minimum Gasteiger partial charge on any atom is -0.315 e. The summed E-state index contributed by atoms with van der Waals surface area (Å²) in [4.78, 5) is 11.5. The van der Waals surface area contributed by atoms with Crippen LogP contribution in [0.2, 0.25) is 0 Å². The smallest absolute Gasteiger partial charge is 0.146 e. The fourth-order valence-electron chi connectivity index (χ4n) is 1.66. The summed E-state index contributed by atoms with van der Waals surface area (Å²) in [7, 11) is 1.94. The SMILES string of the molecule is CN1NCC2C(=O)CC=CC=C21. The largest absolute Gasteiger partial charge is 0.315 e. The van der Waals surface area contributed by atoms with Gasteiger partial charge in [0.2, 0.25) is 0 Å². The molecular weight excluding hydrogens is 152 g/mol. The molecule has 0 aromatic carbocycles. The molecule has 0 saturated carbocycles. The topological polar surface area (TPSA) is 32.3 Å². The van der Waals surface area contributed by atoms with Crippen molar-refractivity contribution in [2.45, 2.75) is 6.42 Å². The Balaban J connectivity index is 2.32. The van der Waals surface area contributed by atoms with Crippen LogP contribution in [0.1, 0.15) is 6.42 Å². The zero-order valence-electron chi connectivity index (χ0n) is 7.08. The maximum Gasteiger partial charge on any atom is 0.146 e. The summed E-state index contributed by atoms with van der Waals surface area (Å²) in [6.07, 6.45) is 6.45. The number of hydrogen-bond acceptors (Lipinski definition) is 3. The van der Waals surface area contributed by atoms with Crippen molar-refractivity contribution in [3.8, 4) is 0 Å². The second-order valence-corrected chi connectivity index (χ2v) is 3.16. The van der Waals surface area contributed by atoms with E-state index in [1.54, 1.807) is 0 Å². The van der Waals surface area contributed by atoms with Crippen LogP contribution in [0, 0.1) is 5.92 Å². The van der Waals surface area contributed by atoms with Crippen molar-refractivity contribution >= 4 is 5.78 Å². The van der Waals surface area contributed by atoms with Crippen LogP contribution in [0.15, 0.2) is 23.9 Å². The van der Waals surface area contributed by atoms with Gasteiger partial charge in [0, 0.05) is 25.7 Å². The number of fused-ring (bicyclic) bond motifs is 1. The lowest BCUT2D eigenvalue weighted by molar-refractivity contribution is -0.120. The van der Waals surface area contributed by atoms with Gasteiger partial charge in [-0.25, -0.2) is 5.43 Å². The molecule has 64 valence electrons. The van der Waals surface area contributed by atoms with Crippen LogP contribution >= 0.6 is 0 Å². The quantitative estimate of drug-likeness (QED) is 0.564. The van der Waals surface area contributed by atoms with Gasteiger partial charge in [-0.1, -0.05) is 12.2 Å². The van der Waals surface area contributed by atoms with Gasteiger partial charge in [0.25, 0.3) is 0 Å². The first-order chi connectivity index (χ1) is 5.79. The molecule has 0 aromatic heterocycles. The molecule has 2 rings (SSSR count). The number of hydrogen-bond donors (Lipinski definition) is 1. The second-order valence-electron chi connectivity index (χ2n) is 3.16. The van der Waals surface area contributed by atoms with Gasteiger partial charge in [0.05, 0.1) is 5.92 Å². The highest BCUT2D eigenvalue weighted by Crippen LogP contribution is 2.23. The fourth-order valence-corrected chi connectivity index (χ4v) is 1.66. The summed E-state index contributed by atoms with van der Waals surface area (Å²) in [5.41, 5.74) is 4.22. The van der Waals surface area contributed by atoms with Gasteiger partial charge in [-0.15, -0.1) is 0 Å². The average molecular weight is 164 g/mol. The molecule has 0 bridgehead atoms. The maximum atomic E-state index is 11.5. The standard InChI is InChI=1S/C9H12N2O/c1-11-8-4-2-3-5-9(12)7(8)6-10-11/h2-4,7,10H,5-6H2,1H3. The predicted octanol–water partition coefficient (Wildman–Crippen LogP) is 0.465. The summed E-state index contributed by atoms with van der Waals surface area (Å²) in [6, 6.07) is 0. The molecule has 1 aliphatic carbocycles. The third kappa shape index (κ3) is 1.06. The van der Waals surface area contributed by atoms with Crippen molar-refractivity contribution < 1.29 is 4.79 Å². The first-order valence-electron chi connectivity index (χ1n) is 4.15. The van der Waals surface area contributed by atoms with E-state index in [1.165, 1.54) is 0 Å². The zero-order chi connectivity index (χ0) is 8.55. The van der Waals surface area contributed by atoms with Crippen LogP contribution in [-0.4, -0.2) is 24.4 Å². The Labute approximate surface area is 71.7 Å². The van der Waals surface area contributed by atoms with E-state index in [0.717, 1.165) is 12.2 Å². The van der Waals surface area contributed by atoms with Crippen LogP contribution in [0.3, 0.4) is 0 Å². The normalized spacial score (nSPS) is 28.4. The van der Waals surface area contributed by atoms with Crippen molar-refractivity contribution in [1.82, 2.24) is 10.4 Å². The van der Waals surface area contributed by atoms with Crippen LogP contribution in [-0.2, 0) is 4.79 Å². The van der Waals surface area contributed by atoms with E-state index in [1.807, 2.05) is 30.3 Å². The Hall–Kier alpha value is -1.09. The van der Waals surface area contributed by atoms with E-state index >= 15 is 0 Å². The number of allylic oxidation sites excluding steroid dienone is 3. The highest BCUT2D eigenvalue weighted by atomic mass is 16.1. The van der Waals surface area contributed by atoms with E-state index in [0.29, 0.717) is 12.2 Å². The van der Waals surface area contributed by atoms with Crippen molar-refractivity contribution in [1.29, 1.82) is 0 Å². The predicted molar refractivity (Wildman–Crippen MR) is 46.1 cm³/mol. The molecule has 3 heteroatoms. The Kier molecular flexibility index (Phi) is 1.73.